The smallest absolute Gasteiger partial charge is 0.315 e. The fraction of sp³-hybridized carbons (Fsp3) is 0.300. The van der Waals surface area contributed by atoms with Gasteiger partial charge in [0, 0.05) is 17.0 Å². The molecule has 0 radical (unpaired) electrons. The second-order valence-corrected chi connectivity index (χ2v) is 3.80. The van der Waals surface area contributed by atoms with Crippen molar-refractivity contribution in [1.82, 2.24) is 0 Å². The maximum absolute atomic E-state index is 13.2. The zero-order valence-corrected chi connectivity index (χ0v) is 9.14. The molecule has 0 heterocycles. The van der Waals surface area contributed by atoms with Crippen molar-refractivity contribution in [1.29, 1.82) is 0 Å². The van der Waals surface area contributed by atoms with Crippen LogP contribution in [0.3, 0.4) is 0 Å². The van der Waals surface area contributed by atoms with Gasteiger partial charge in [0.15, 0.2) is 0 Å². The molecule has 0 bridgehead atoms. The molecule has 0 fully saturated rings. The number of carbonyl (C=O) groups is 1. The molecule has 0 saturated carbocycles. The summed E-state index contributed by atoms with van der Waals surface area (Å²) in [5.41, 5.74) is 5.86. The second kappa shape index (κ2) is 5.72. The number of rotatable bonds is 4. The van der Waals surface area contributed by atoms with Crippen molar-refractivity contribution in [2.75, 3.05) is 12.9 Å². The topological polar surface area (TPSA) is 52.3 Å². The SMILES string of the molecule is COC(=O)CSc1cccc(F)c1CN. The molecule has 5 heteroatoms. The lowest BCUT2D eigenvalue weighted by Gasteiger charge is -2.07. The highest BCUT2D eigenvalue weighted by molar-refractivity contribution is 8.00. The molecule has 82 valence electrons. The predicted octanol–water partition coefficient (Wildman–Crippen LogP) is 1.55. The van der Waals surface area contributed by atoms with Crippen molar-refractivity contribution in [3.8, 4) is 0 Å². The zero-order valence-electron chi connectivity index (χ0n) is 8.33. The molecule has 0 atom stereocenters. The van der Waals surface area contributed by atoms with Crippen molar-refractivity contribution in [3.05, 3.63) is 29.6 Å². The molecule has 2 N–H and O–H groups in total. The van der Waals surface area contributed by atoms with Crippen LogP contribution >= 0.6 is 11.8 Å². The van der Waals surface area contributed by atoms with Gasteiger partial charge in [-0.15, -0.1) is 11.8 Å². The van der Waals surface area contributed by atoms with E-state index in [1.807, 2.05) is 0 Å². The third-order valence-corrected chi connectivity index (χ3v) is 2.93. The molecule has 0 amide bonds. The summed E-state index contributed by atoms with van der Waals surface area (Å²) in [5.74, 6) is -0.521. The molecule has 0 aromatic heterocycles. The maximum Gasteiger partial charge on any atom is 0.315 e. The van der Waals surface area contributed by atoms with Crippen LogP contribution < -0.4 is 5.73 Å². The predicted molar refractivity (Wildman–Crippen MR) is 57.0 cm³/mol. The molecule has 0 unspecified atom stereocenters. The molecular formula is C10H12FNO2S. The molecule has 0 aliphatic heterocycles. The second-order valence-electron chi connectivity index (χ2n) is 2.79. The first-order chi connectivity index (χ1) is 7.19. The molecule has 1 aromatic carbocycles. The fourth-order valence-electron chi connectivity index (χ4n) is 1.07. The lowest BCUT2D eigenvalue weighted by atomic mass is 10.2. The van der Waals surface area contributed by atoms with Crippen molar-refractivity contribution in [2.24, 2.45) is 5.73 Å². The van der Waals surface area contributed by atoms with Crippen LogP contribution in [0.25, 0.3) is 0 Å². The van der Waals surface area contributed by atoms with Crippen LogP contribution in [0.2, 0.25) is 0 Å². The minimum Gasteiger partial charge on any atom is -0.468 e. The number of benzene rings is 1. The highest BCUT2D eigenvalue weighted by atomic mass is 32.2. The Morgan fingerprint density at radius 3 is 2.93 bits per heavy atom. The Balaban J connectivity index is 2.76. The van der Waals surface area contributed by atoms with E-state index < -0.39 is 0 Å². The minimum absolute atomic E-state index is 0.121. The largest absolute Gasteiger partial charge is 0.468 e. The van der Waals surface area contributed by atoms with E-state index in [2.05, 4.69) is 4.74 Å². The van der Waals surface area contributed by atoms with Gasteiger partial charge in [-0.05, 0) is 12.1 Å². The van der Waals surface area contributed by atoms with Crippen LogP contribution in [-0.2, 0) is 16.1 Å². The molecule has 0 spiro atoms. The van der Waals surface area contributed by atoms with Gasteiger partial charge in [0.05, 0.1) is 12.9 Å². The third-order valence-electron chi connectivity index (χ3n) is 1.85. The molecule has 3 nitrogen and oxygen atoms in total. The average molecular weight is 229 g/mol. The van der Waals surface area contributed by atoms with Crippen LogP contribution in [0.4, 0.5) is 4.39 Å². The molecule has 1 rings (SSSR count). The molecule has 0 aliphatic rings. The van der Waals surface area contributed by atoms with Crippen LogP contribution in [0, 0.1) is 5.82 Å². The van der Waals surface area contributed by atoms with Gasteiger partial charge in [-0.25, -0.2) is 4.39 Å². The van der Waals surface area contributed by atoms with Gasteiger partial charge in [0.25, 0.3) is 0 Å². The molecular weight excluding hydrogens is 217 g/mol. The zero-order chi connectivity index (χ0) is 11.3. The van der Waals surface area contributed by atoms with Gasteiger partial charge in [0.1, 0.15) is 5.82 Å². The van der Waals surface area contributed by atoms with Crippen LogP contribution in [-0.4, -0.2) is 18.8 Å². The van der Waals surface area contributed by atoms with E-state index in [0.29, 0.717) is 10.5 Å². The summed E-state index contributed by atoms with van der Waals surface area (Å²) in [7, 11) is 1.32. The third kappa shape index (κ3) is 3.21. The Labute approximate surface area is 91.8 Å². The maximum atomic E-state index is 13.2. The van der Waals surface area contributed by atoms with E-state index in [0.717, 1.165) is 0 Å². The average Bonchev–Trinajstić information content (AvgIpc) is 2.25. The lowest BCUT2D eigenvalue weighted by molar-refractivity contribution is -0.137. The Hall–Kier alpha value is -1.07. The highest BCUT2D eigenvalue weighted by Gasteiger charge is 2.09. The molecule has 15 heavy (non-hydrogen) atoms. The van der Waals surface area contributed by atoms with E-state index >= 15 is 0 Å². The molecule has 0 aliphatic carbocycles. The summed E-state index contributed by atoms with van der Waals surface area (Å²) in [4.78, 5) is 11.6. The number of ether oxygens (including phenoxy) is 1. The number of hydrogen-bond acceptors (Lipinski definition) is 4. The highest BCUT2D eigenvalue weighted by Crippen LogP contribution is 2.24. The quantitative estimate of drug-likeness (QED) is 0.628. The minimum atomic E-state index is -0.341. The van der Waals surface area contributed by atoms with E-state index in [-0.39, 0.29) is 24.1 Å². The van der Waals surface area contributed by atoms with Crippen LogP contribution in [0.15, 0.2) is 23.1 Å². The molecule has 1 aromatic rings. The van der Waals surface area contributed by atoms with E-state index in [1.54, 1.807) is 12.1 Å². The summed E-state index contributed by atoms with van der Waals surface area (Å²) in [6.07, 6.45) is 0. The first kappa shape index (κ1) is 12.0. The lowest BCUT2D eigenvalue weighted by Crippen LogP contribution is -2.06. The van der Waals surface area contributed by atoms with Gasteiger partial charge in [-0.1, -0.05) is 6.07 Å². The normalized spacial score (nSPS) is 10.1. The number of thioether (sulfide) groups is 1. The number of halogens is 1. The number of methoxy groups -OCH3 is 1. The summed E-state index contributed by atoms with van der Waals surface area (Å²) in [6.45, 7) is 0.121. The van der Waals surface area contributed by atoms with Crippen molar-refractivity contribution in [2.45, 2.75) is 11.4 Å². The van der Waals surface area contributed by atoms with Crippen LogP contribution in [0.5, 0.6) is 0 Å². The monoisotopic (exact) mass is 229 g/mol. The summed E-state index contributed by atoms with van der Waals surface area (Å²) in [5, 5.41) is 0. The number of esters is 1. The first-order valence-corrected chi connectivity index (χ1v) is 5.34. The van der Waals surface area contributed by atoms with Crippen molar-refractivity contribution in [3.63, 3.8) is 0 Å². The van der Waals surface area contributed by atoms with Gasteiger partial charge in [0.2, 0.25) is 0 Å². The van der Waals surface area contributed by atoms with Crippen molar-refractivity contribution >= 4 is 17.7 Å². The summed E-state index contributed by atoms with van der Waals surface area (Å²) < 4.78 is 17.7. The van der Waals surface area contributed by atoms with Gasteiger partial charge in [-0.3, -0.25) is 4.79 Å². The van der Waals surface area contributed by atoms with Crippen LogP contribution in [0.1, 0.15) is 5.56 Å². The number of nitrogens with two attached hydrogens (primary N) is 1. The number of carbonyl (C=O) groups excluding carboxylic acids is 1. The van der Waals surface area contributed by atoms with E-state index in [9.17, 15) is 9.18 Å². The van der Waals surface area contributed by atoms with Gasteiger partial charge < -0.3 is 10.5 Å². The Kier molecular flexibility index (Phi) is 4.58. The fourth-order valence-corrected chi connectivity index (χ4v) is 1.99. The van der Waals surface area contributed by atoms with E-state index in [1.165, 1.54) is 24.9 Å². The molecule has 0 saturated heterocycles. The first-order valence-electron chi connectivity index (χ1n) is 4.36. The van der Waals surface area contributed by atoms with E-state index in [4.69, 9.17) is 5.73 Å². The summed E-state index contributed by atoms with van der Waals surface area (Å²) >= 11 is 1.22. The number of hydrogen-bond donors (Lipinski definition) is 1. The standard InChI is InChI=1S/C10H12FNO2S/c1-14-10(13)6-15-9-4-2-3-8(11)7(9)5-12/h2-4H,5-6,12H2,1H3. The Bertz CT molecular complexity index is 357. The Morgan fingerprint density at radius 2 is 2.33 bits per heavy atom. The van der Waals surface area contributed by atoms with Gasteiger partial charge >= 0.3 is 5.97 Å². The van der Waals surface area contributed by atoms with Crippen molar-refractivity contribution < 1.29 is 13.9 Å². The van der Waals surface area contributed by atoms with Gasteiger partial charge in [-0.2, -0.15) is 0 Å². The summed E-state index contributed by atoms with van der Waals surface area (Å²) in [6, 6.07) is 4.68. The Morgan fingerprint density at radius 1 is 1.60 bits per heavy atom.